The summed E-state index contributed by atoms with van der Waals surface area (Å²) in [5.74, 6) is 0.135. The van der Waals surface area contributed by atoms with Crippen molar-refractivity contribution in [1.82, 2.24) is 15.0 Å². The predicted octanol–water partition coefficient (Wildman–Crippen LogP) is 3.62. The van der Waals surface area contributed by atoms with Crippen LogP contribution in [0.5, 0.6) is 5.88 Å². The van der Waals surface area contributed by atoms with Crippen LogP contribution in [-0.2, 0) is 19.4 Å². The van der Waals surface area contributed by atoms with Gasteiger partial charge in [0, 0.05) is 23.5 Å². The first kappa shape index (κ1) is 16.2. The molecule has 0 N–H and O–H groups in total. The molecule has 0 saturated heterocycles. The van der Waals surface area contributed by atoms with Crippen molar-refractivity contribution < 1.29 is 9.13 Å². The third kappa shape index (κ3) is 3.24. The summed E-state index contributed by atoms with van der Waals surface area (Å²) in [5, 5.41) is 8.92. The first-order chi connectivity index (χ1) is 12.7. The molecule has 4 rings (SSSR count). The summed E-state index contributed by atoms with van der Waals surface area (Å²) in [6.45, 7) is 0.219. The molecule has 3 aromatic rings. The fourth-order valence-corrected chi connectivity index (χ4v) is 3.11. The van der Waals surface area contributed by atoms with Crippen LogP contribution in [0, 0.1) is 17.1 Å². The standard InChI is InChI=1S/C20H15FN4O/c21-14-5-7-16(24-11-14)12-26-20-8-18(17-2-1-3-19(17)25-20)13-4-6-15(9-22)23-10-13/h4-8,10-11H,1-3,12H2. The number of hydrogen-bond acceptors (Lipinski definition) is 5. The Morgan fingerprint density at radius 2 is 2.04 bits per heavy atom. The van der Waals surface area contributed by atoms with Crippen LogP contribution in [0.2, 0.25) is 0 Å². The summed E-state index contributed by atoms with van der Waals surface area (Å²) < 4.78 is 18.7. The molecule has 128 valence electrons. The van der Waals surface area contributed by atoms with Crippen molar-refractivity contribution in [3.05, 3.63) is 71.2 Å². The molecule has 5 nitrogen and oxygen atoms in total. The zero-order chi connectivity index (χ0) is 17.9. The Kier molecular flexibility index (Phi) is 4.28. The van der Waals surface area contributed by atoms with E-state index in [0.717, 1.165) is 36.1 Å². The predicted molar refractivity (Wildman–Crippen MR) is 92.7 cm³/mol. The highest BCUT2D eigenvalue weighted by Crippen LogP contribution is 2.34. The largest absolute Gasteiger partial charge is 0.471 e. The van der Waals surface area contributed by atoms with E-state index in [4.69, 9.17) is 10.00 Å². The molecular formula is C20H15FN4O. The molecule has 0 spiro atoms. The Hall–Kier alpha value is -3.33. The fraction of sp³-hybridized carbons (Fsp3) is 0.200. The summed E-state index contributed by atoms with van der Waals surface area (Å²) in [5.41, 5.74) is 5.24. The number of ether oxygens (including phenoxy) is 1. The maximum Gasteiger partial charge on any atom is 0.214 e. The number of nitrogens with zero attached hydrogens (tertiary/aromatic N) is 4. The van der Waals surface area contributed by atoms with Crippen LogP contribution >= 0.6 is 0 Å². The molecule has 1 aliphatic carbocycles. The van der Waals surface area contributed by atoms with Crippen LogP contribution in [0.3, 0.4) is 0 Å². The number of hydrogen-bond donors (Lipinski definition) is 0. The average molecular weight is 346 g/mol. The molecule has 0 saturated carbocycles. The van der Waals surface area contributed by atoms with Crippen LogP contribution in [0.1, 0.15) is 29.1 Å². The molecule has 0 aromatic carbocycles. The van der Waals surface area contributed by atoms with Crippen LogP contribution in [0.15, 0.2) is 42.7 Å². The van der Waals surface area contributed by atoms with Gasteiger partial charge in [0.25, 0.3) is 0 Å². The second-order valence-corrected chi connectivity index (χ2v) is 6.09. The van der Waals surface area contributed by atoms with E-state index in [2.05, 4.69) is 15.0 Å². The number of aryl methyl sites for hydroxylation is 1. The molecule has 0 unspecified atom stereocenters. The van der Waals surface area contributed by atoms with E-state index in [1.807, 2.05) is 18.2 Å². The highest BCUT2D eigenvalue weighted by atomic mass is 19.1. The van der Waals surface area contributed by atoms with Gasteiger partial charge in [0.2, 0.25) is 5.88 Å². The van der Waals surface area contributed by atoms with Crippen molar-refractivity contribution in [3.8, 4) is 23.1 Å². The first-order valence-electron chi connectivity index (χ1n) is 8.35. The van der Waals surface area contributed by atoms with E-state index < -0.39 is 0 Å². The van der Waals surface area contributed by atoms with Gasteiger partial charge in [-0.1, -0.05) is 0 Å². The van der Waals surface area contributed by atoms with E-state index in [1.54, 1.807) is 18.3 Å². The van der Waals surface area contributed by atoms with Crippen molar-refractivity contribution in [2.45, 2.75) is 25.9 Å². The quantitative estimate of drug-likeness (QED) is 0.721. The maximum atomic E-state index is 13.0. The lowest BCUT2D eigenvalue weighted by molar-refractivity contribution is 0.288. The highest BCUT2D eigenvalue weighted by molar-refractivity contribution is 5.69. The molecule has 3 heterocycles. The molecule has 0 bridgehead atoms. The Morgan fingerprint density at radius 3 is 2.77 bits per heavy atom. The molecule has 26 heavy (non-hydrogen) atoms. The van der Waals surface area contributed by atoms with Gasteiger partial charge in [-0.3, -0.25) is 4.98 Å². The molecule has 0 amide bonds. The Balaban J connectivity index is 1.64. The number of aromatic nitrogens is 3. The molecule has 6 heteroatoms. The van der Waals surface area contributed by atoms with Gasteiger partial charge in [-0.05, 0) is 54.7 Å². The summed E-state index contributed by atoms with van der Waals surface area (Å²) in [6.07, 6.45) is 5.82. The minimum absolute atomic E-state index is 0.219. The topological polar surface area (TPSA) is 71.7 Å². The zero-order valence-corrected chi connectivity index (χ0v) is 13.9. The third-order valence-electron chi connectivity index (χ3n) is 4.37. The van der Waals surface area contributed by atoms with Gasteiger partial charge in [0.15, 0.2) is 0 Å². The molecular weight excluding hydrogens is 331 g/mol. The second kappa shape index (κ2) is 6.89. The van der Waals surface area contributed by atoms with Gasteiger partial charge in [-0.25, -0.2) is 14.4 Å². The van der Waals surface area contributed by atoms with Crippen LogP contribution in [0.4, 0.5) is 4.39 Å². The molecule has 0 atom stereocenters. The Labute approximate surface area is 150 Å². The van der Waals surface area contributed by atoms with E-state index in [0.29, 0.717) is 17.3 Å². The van der Waals surface area contributed by atoms with Crippen LogP contribution in [0.25, 0.3) is 11.1 Å². The van der Waals surface area contributed by atoms with Crippen LogP contribution < -0.4 is 4.74 Å². The number of rotatable bonds is 4. The lowest BCUT2D eigenvalue weighted by Crippen LogP contribution is -2.02. The molecule has 0 aliphatic heterocycles. The molecule has 0 fully saturated rings. The Morgan fingerprint density at radius 1 is 1.12 bits per heavy atom. The van der Waals surface area contributed by atoms with Gasteiger partial charge in [0.1, 0.15) is 24.2 Å². The fourth-order valence-electron chi connectivity index (χ4n) is 3.11. The SMILES string of the molecule is N#Cc1ccc(-c2cc(OCc3ccc(F)cn3)nc3c2CCC3)cn1. The number of fused-ring (bicyclic) bond motifs is 1. The van der Waals surface area contributed by atoms with Crippen molar-refractivity contribution in [3.63, 3.8) is 0 Å². The summed E-state index contributed by atoms with van der Waals surface area (Å²) >= 11 is 0. The lowest BCUT2D eigenvalue weighted by Gasteiger charge is -2.12. The summed E-state index contributed by atoms with van der Waals surface area (Å²) in [6, 6.07) is 10.5. The monoisotopic (exact) mass is 346 g/mol. The smallest absolute Gasteiger partial charge is 0.214 e. The van der Waals surface area contributed by atoms with Crippen molar-refractivity contribution in [2.75, 3.05) is 0 Å². The summed E-state index contributed by atoms with van der Waals surface area (Å²) in [7, 11) is 0. The normalized spacial score (nSPS) is 12.5. The highest BCUT2D eigenvalue weighted by Gasteiger charge is 2.19. The number of halogens is 1. The number of pyridine rings is 3. The molecule has 1 aliphatic rings. The van der Waals surface area contributed by atoms with Gasteiger partial charge in [-0.15, -0.1) is 0 Å². The van der Waals surface area contributed by atoms with Gasteiger partial charge < -0.3 is 4.74 Å². The second-order valence-electron chi connectivity index (χ2n) is 6.09. The van der Waals surface area contributed by atoms with Gasteiger partial charge >= 0.3 is 0 Å². The van der Waals surface area contributed by atoms with Gasteiger partial charge in [-0.2, -0.15) is 5.26 Å². The molecule has 3 aromatic heterocycles. The summed E-state index contributed by atoms with van der Waals surface area (Å²) in [4.78, 5) is 12.8. The minimum Gasteiger partial charge on any atom is -0.471 e. The molecule has 0 radical (unpaired) electrons. The van der Waals surface area contributed by atoms with Crippen LogP contribution in [-0.4, -0.2) is 15.0 Å². The third-order valence-corrected chi connectivity index (χ3v) is 4.37. The minimum atomic E-state index is -0.375. The van der Waals surface area contributed by atoms with Crippen molar-refractivity contribution in [2.24, 2.45) is 0 Å². The van der Waals surface area contributed by atoms with Gasteiger partial charge in [0.05, 0.1) is 11.9 Å². The van der Waals surface area contributed by atoms with E-state index >= 15 is 0 Å². The van der Waals surface area contributed by atoms with E-state index in [9.17, 15) is 4.39 Å². The maximum absolute atomic E-state index is 13.0. The average Bonchev–Trinajstić information content (AvgIpc) is 3.15. The van der Waals surface area contributed by atoms with Crippen molar-refractivity contribution >= 4 is 0 Å². The lowest BCUT2D eigenvalue weighted by atomic mass is 10.0. The van der Waals surface area contributed by atoms with Crippen molar-refractivity contribution in [1.29, 1.82) is 5.26 Å². The first-order valence-corrected chi connectivity index (χ1v) is 8.35. The number of nitriles is 1. The zero-order valence-electron chi connectivity index (χ0n) is 13.9. The van der Waals surface area contributed by atoms with E-state index in [-0.39, 0.29) is 12.4 Å². The van der Waals surface area contributed by atoms with E-state index in [1.165, 1.54) is 17.8 Å². The Bertz CT molecular complexity index is 978.